The van der Waals surface area contributed by atoms with Gasteiger partial charge in [0.2, 0.25) is 0 Å². The number of hydrogen-bond acceptors (Lipinski definition) is 6. The summed E-state index contributed by atoms with van der Waals surface area (Å²) in [6.07, 6.45) is 11.6. The van der Waals surface area contributed by atoms with E-state index >= 15 is 0 Å². The predicted molar refractivity (Wildman–Crippen MR) is 125 cm³/mol. The number of methoxy groups -OCH3 is 1. The topological polar surface area (TPSA) is 90.2 Å². The first-order chi connectivity index (χ1) is 14.4. The maximum Gasteiger partial charge on any atom is 0.0771 e. The second kappa shape index (κ2) is 13.8. The van der Waals surface area contributed by atoms with Crippen LogP contribution in [0.2, 0.25) is 0 Å². The molecule has 0 spiro atoms. The van der Waals surface area contributed by atoms with E-state index in [1.54, 1.807) is 18.4 Å². The Balaban J connectivity index is 1.84. The maximum atomic E-state index is 10.4. The summed E-state index contributed by atoms with van der Waals surface area (Å²) in [5.41, 5.74) is 0. The molecule has 1 aliphatic rings. The number of aliphatic hydroxyl groups excluding tert-OH is 4. The highest BCUT2D eigenvalue weighted by atomic mass is 79.9. The van der Waals surface area contributed by atoms with Crippen LogP contribution in [0.5, 0.6) is 0 Å². The van der Waals surface area contributed by atoms with Crippen LogP contribution in [-0.2, 0) is 11.2 Å². The molecule has 170 valence electrons. The Labute approximate surface area is 192 Å². The standard InChI is InChI=1S/C23H35BrO5S/c1-29-17(8-10-18-11-13-23(24)30-18)9-12-20-19(21(27)14-22(20)28)7-5-3-2-4-6-16(26)15-25/h3,5,9,11-13,16-17,19-22,25-28H,2,4,6-8,10,14-15H2,1H3/t16?,17-,19+,20+,21-,22+/m0/s1. The van der Waals surface area contributed by atoms with Crippen LogP contribution in [-0.4, -0.2) is 58.6 Å². The molecule has 6 atom stereocenters. The summed E-state index contributed by atoms with van der Waals surface area (Å²) in [5, 5.41) is 39.0. The van der Waals surface area contributed by atoms with Crippen LogP contribution < -0.4 is 0 Å². The van der Waals surface area contributed by atoms with Gasteiger partial charge in [-0.2, -0.15) is 0 Å². The lowest BCUT2D eigenvalue weighted by molar-refractivity contribution is 0.0868. The van der Waals surface area contributed by atoms with Crippen molar-refractivity contribution in [2.24, 2.45) is 11.8 Å². The molecule has 0 saturated heterocycles. The van der Waals surface area contributed by atoms with E-state index in [9.17, 15) is 15.3 Å². The Morgan fingerprint density at radius 3 is 2.70 bits per heavy atom. The number of hydrogen-bond donors (Lipinski definition) is 4. The minimum Gasteiger partial charge on any atom is -0.394 e. The molecule has 0 aromatic carbocycles. The first kappa shape index (κ1) is 25.7. The number of ether oxygens (including phenoxy) is 1. The van der Waals surface area contributed by atoms with Crippen LogP contribution in [0.25, 0.3) is 0 Å². The van der Waals surface area contributed by atoms with E-state index in [-0.39, 0.29) is 24.5 Å². The summed E-state index contributed by atoms with van der Waals surface area (Å²) >= 11 is 5.22. The molecule has 1 aliphatic carbocycles. The molecule has 5 nitrogen and oxygen atoms in total. The summed E-state index contributed by atoms with van der Waals surface area (Å²) in [7, 11) is 1.70. The molecule has 7 heteroatoms. The third-order valence-electron chi connectivity index (χ3n) is 5.76. The number of aryl methyl sites for hydroxylation is 1. The lowest BCUT2D eigenvalue weighted by atomic mass is 9.89. The fourth-order valence-corrected chi connectivity index (χ4v) is 5.45. The van der Waals surface area contributed by atoms with E-state index in [0.717, 1.165) is 29.5 Å². The smallest absolute Gasteiger partial charge is 0.0771 e. The Hall–Kier alpha value is -0.540. The summed E-state index contributed by atoms with van der Waals surface area (Å²) in [5.74, 6) is -0.101. The van der Waals surface area contributed by atoms with Crippen molar-refractivity contribution in [1.82, 2.24) is 0 Å². The first-order valence-corrected chi connectivity index (χ1v) is 12.3. The molecule has 0 aliphatic heterocycles. The van der Waals surface area contributed by atoms with Crippen LogP contribution in [0.15, 0.2) is 40.2 Å². The second-order valence-electron chi connectivity index (χ2n) is 7.99. The van der Waals surface area contributed by atoms with E-state index in [1.165, 1.54) is 4.88 Å². The molecular formula is C23H35BrO5S. The van der Waals surface area contributed by atoms with Gasteiger partial charge >= 0.3 is 0 Å². The first-order valence-electron chi connectivity index (χ1n) is 10.7. The minimum atomic E-state index is -0.644. The van der Waals surface area contributed by atoms with Crippen LogP contribution >= 0.6 is 27.3 Å². The van der Waals surface area contributed by atoms with Crippen molar-refractivity contribution in [3.63, 3.8) is 0 Å². The van der Waals surface area contributed by atoms with Crippen molar-refractivity contribution >= 4 is 27.3 Å². The molecule has 4 N–H and O–H groups in total. The molecule has 1 saturated carbocycles. The number of halogens is 1. The zero-order valence-electron chi connectivity index (χ0n) is 17.6. The van der Waals surface area contributed by atoms with Crippen molar-refractivity contribution < 1.29 is 25.2 Å². The highest BCUT2D eigenvalue weighted by molar-refractivity contribution is 9.11. The van der Waals surface area contributed by atoms with E-state index in [4.69, 9.17) is 9.84 Å². The Morgan fingerprint density at radius 2 is 2.03 bits per heavy atom. The summed E-state index contributed by atoms with van der Waals surface area (Å²) < 4.78 is 6.73. The Bertz CT molecular complexity index is 662. The van der Waals surface area contributed by atoms with Gasteiger partial charge < -0.3 is 25.2 Å². The summed E-state index contributed by atoms with van der Waals surface area (Å²) in [6, 6.07) is 4.18. The highest BCUT2D eigenvalue weighted by Gasteiger charge is 2.39. The number of unbranched alkanes of at least 4 members (excludes halogenated alkanes) is 1. The van der Waals surface area contributed by atoms with Crippen LogP contribution in [0.1, 0.15) is 43.4 Å². The van der Waals surface area contributed by atoms with Gasteiger partial charge in [0.05, 0.1) is 34.8 Å². The van der Waals surface area contributed by atoms with Gasteiger partial charge in [0.1, 0.15) is 0 Å². The monoisotopic (exact) mass is 502 g/mol. The van der Waals surface area contributed by atoms with Gasteiger partial charge in [-0.25, -0.2) is 0 Å². The molecule has 1 aromatic heterocycles. The van der Waals surface area contributed by atoms with Crippen molar-refractivity contribution in [2.45, 2.75) is 69.4 Å². The van der Waals surface area contributed by atoms with Crippen molar-refractivity contribution in [1.29, 1.82) is 0 Å². The van der Waals surface area contributed by atoms with Crippen molar-refractivity contribution in [2.75, 3.05) is 13.7 Å². The average molecular weight is 503 g/mol. The fourth-order valence-electron chi connectivity index (χ4n) is 3.96. The van der Waals surface area contributed by atoms with Crippen molar-refractivity contribution in [3.8, 4) is 0 Å². The molecular weight excluding hydrogens is 468 g/mol. The van der Waals surface area contributed by atoms with E-state index in [2.05, 4.69) is 40.2 Å². The van der Waals surface area contributed by atoms with Crippen LogP contribution in [0, 0.1) is 11.8 Å². The summed E-state index contributed by atoms with van der Waals surface area (Å²) in [6.45, 7) is -0.197. The average Bonchev–Trinajstić information content (AvgIpc) is 3.26. The molecule has 0 bridgehead atoms. The predicted octanol–water partition coefficient (Wildman–Crippen LogP) is 3.84. The molecule has 2 rings (SSSR count). The fraction of sp³-hybridized carbons (Fsp3) is 0.652. The number of aliphatic hydroxyl groups is 4. The Morgan fingerprint density at radius 1 is 1.23 bits per heavy atom. The van der Waals surface area contributed by atoms with Crippen LogP contribution in [0.4, 0.5) is 0 Å². The Kier molecular flexibility index (Phi) is 11.8. The van der Waals surface area contributed by atoms with Gasteiger partial charge in [0, 0.05) is 24.3 Å². The number of rotatable bonds is 13. The van der Waals surface area contributed by atoms with Gasteiger partial charge in [-0.1, -0.05) is 24.3 Å². The van der Waals surface area contributed by atoms with Crippen LogP contribution in [0.3, 0.4) is 0 Å². The normalized spacial score (nSPS) is 26.7. The molecule has 1 fully saturated rings. The molecule has 1 aromatic rings. The quantitative estimate of drug-likeness (QED) is 0.243. The molecule has 0 amide bonds. The number of allylic oxidation sites excluding steroid dienone is 2. The van der Waals surface area contributed by atoms with E-state index in [0.29, 0.717) is 19.3 Å². The summed E-state index contributed by atoms with van der Waals surface area (Å²) in [4.78, 5) is 1.31. The van der Waals surface area contributed by atoms with Crippen molar-refractivity contribution in [3.05, 3.63) is 45.1 Å². The molecule has 30 heavy (non-hydrogen) atoms. The van der Waals surface area contributed by atoms with Gasteiger partial charge in [-0.3, -0.25) is 0 Å². The molecule has 0 radical (unpaired) electrons. The lowest BCUT2D eigenvalue weighted by Gasteiger charge is -2.20. The zero-order chi connectivity index (χ0) is 21.9. The van der Waals surface area contributed by atoms with E-state index < -0.39 is 18.3 Å². The van der Waals surface area contributed by atoms with E-state index in [1.807, 2.05) is 12.2 Å². The third-order valence-corrected chi connectivity index (χ3v) is 7.45. The van der Waals surface area contributed by atoms with Gasteiger partial charge in [-0.15, -0.1) is 11.3 Å². The lowest BCUT2D eigenvalue weighted by Crippen LogP contribution is -2.20. The SMILES string of the molecule is CO[C@H](C=C[C@@H]1[C@@H](CC=CCCCC(O)CO)[C@@H](O)C[C@H]1O)CCc1ccc(Br)s1. The van der Waals surface area contributed by atoms with Gasteiger partial charge in [0.15, 0.2) is 0 Å². The zero-order valence-corrected chi connectivity index (χ0v) is 20.0. The second-order valence-corrected chi connectivity index (χ2v) is 10.5. The molecule has 1 heterocycles. The third kappa shape index (κ3) is 8.54. The van der Waals surface area contributed by atoms with Gasteiger partial charge in [-0.05, 0) is 72.5 Å². The minimum absolute atomic E-state index is 0.0127. The molecule has 1 unspecified atom stereocenters. The number of thiophene rings is 1. The highest BCUT2D eigenvalue weighted by Crippen LogP contribution is 2.36. The maximum absolute atomic E-state index is 10.4. The largest absolute Gasteiger partial charge is 0.394 e. The van der Waals surface area contributed by atoms with Gasteiger partial charge in [0.25, 0.3) is 0 Å².